The number of benzene rings is 1. The van der Waals surface area contributed by atoms with Gasteiger partial charge in [-0.05, 0) is 47.0 Å². The van der Waals surface area contributed by atoms with Gasteiger partial charge in [-0.2, -0.15) is 0 Å². The Hall–Kier alpha value is -1.86. The average Bonchev–Trinajstić information content (AvgIpc) is 3.11. The first-order valence-electron chi connectivity index (χ1n) is 7.23. The molecule has 1 aliphatic carbocycles. The third kappa shape index (κ3) is 3.25. The second-order valence-electron chi connectivity index (χ2n) is 5.41. The molecule has 4 rings (SSSR count). The van der Waals surface area contributed by atoms with Gasteiger partial charge in [0.2, 0.25) is 5.88 Å². The predicted octanol–water partition coefficient (Wildman–Crippen LogP) is 3.79. The Kier molecular flexibility index (Phi) is 3.82. The maximum atomic E-state index is 6.00. The summed E-state index contributed by atoms with van der Waals surface area (Å²) in [4.78, 5) is 0. The Labute approximate surface area is 146 Å². The minimum absolute atomic E-state index is 0.355. The van der Waals surface area contributed by atoms with Crippen LogP contribution in [-0.2, 0) is 6.61 Å². The molecular weight excluding hydrogens is 382 g/mol. The van der Waals surface area contributed by atoms with Crippen LogP contribution >= 0.6 is 27.5 Å². The van der Waals surface area contributed by atoms with Gasteiger partial charge in [-0.15, -0.1) is 10.2 Å². The number of nitrogens with zero attached hydrogens (tertiary/aromatic N) is 5. The molecule has 1 aromatic carbocycles. The van der Waals surface area contributed by atoms with Crippen molar-refractivity contribution < 1.29 is 4.74 Å². The summed E-state index contributed by atoms with van der Waals surface area (Å²) < 4.78 is 10.1. The van der Waals surface area contributed by atoms with Crippen LogP contribution in [0.3, 0.4) is 0 Å². The van der Waals surface area contributed by atoms with E-state index in [4.69, 9.17) is 16.3 Å². The van der Waals surface area contributed by atoms with Gasteiger partial charge >= 0.3 is 0 Å². The van der Waals surface area contributed by atoms with E-state index in [-0.39, 0.29) is 0 Å². The fourth-order valence-corrected chi connectivity index (χ4v) is 2.68. The Morgan fingerprint density at radius 1 is 1.30 bits per heavy atom. The first-order chi connectivity index (χ1) is 11.2. The zero-order valence-corrected chi connectivity index (χ0v) is 14.4. The molecular formula is C15H13BrClN5O. The van der Waals surface area contributed by atoms with Gasteiger partial charge in [0.25, 0.3) is 0 Å². The molecule has 0 aliphatic heterocycles. The van der Waals surface area contributed by atoms with Crippen molar-refractivity contribution in [3.8, 4) is 11.6 Å². The van der Waals surface area contributed by atoms with Gasteiger partial charge in [-0.25, -0.2) is 9.36 Å². The highest BCUT2D eigenvalue weighted by molar-refractivity contribution is 9.10. The molecule has 0 radical (unpaired) electrons. The van der Waals surface area contributed by atoms with E-state index in [9.17, 15) is 0 Å². The first kappa shape index (κ1) is 14.7. The van der Waals surface area contributed by atoms with Crippen LogP contribution in [0.2, 0.25) is 5.02 Å². The van der Waals surface area contributed by atoms with Crippen molar-refractivity contribution in [3.63, 3.8) is 0 Å². The molecule has 0 N–H and O–H groups in total. The summed E-state index contributed by atoms with van der Waals surface area (Å²) in [6, 6.07) is 7.96. The molecule has 118 valence electrons. The van der Waals surface area contributed by atoms with Gasteiger partial charge in [-0.1, -0.05) is 16.8 Å². The lowest BCUT2D eigenvalue weighted by Gasteiger charge is -2.03. The van der Waals surface area contributed by atoms with Crippen LogP contribution in [0.25, 0.3) is 5.69 Å². The zero-order chi connectivity index (χ0) is 15.8. The Morgan fingerprint density at radius 3 is 2.96 bits per heavy atom. The molecule has 8 heteroatoms. The van der Waals surface area contributed by atoms with Crippen LogP contribution < -0.4 is 4.74 Å². The van der Waals surface area contributed by atoms with Crippen LogP contribution in [-0.4, -0.2) is 24.8 Å². The van der Waals surface area contributed by atoms with Gasteiger partial charge in [0.1, 0.15) is 12.3 Å². The molecule has 0 atom stereocenters. The summed E-state index contributed by atoms with van der Waals surface area (Å²) >= 11 is 9.41. The lowest BCUT2D eigenvalue weighted by Crippen LogP contribution is -1.99. The Bertz CT molecular complexity index is 842. The number of halogens is 2. The van der Waals surface area contributed by atoms with Crippen molar-refractivity contribution in [2.75, 3.05) is 0 Å². The van der Waals surface area contributed by atoms with Crippen LogP contribution in [0.1, 0.15) is 24.6 Å². The highest BCUT2D eigenvalue weighted by Gasteiger charge is 2.24. The first-order valence-corrected chi connectivity index (χ1v) is 8.41. The summed E-state index contributed by atoms with van der Waals surface area (Å²) in [6.45, 7) is 0.355. The fourth-order valence-electron chi connectivity index (χ4n) is 2.20. The zero-order valence-electron chi connectivity index (χ0n) is 12.1. The molecule has 2 heterocycles. The number of ether oxygens (including phenoxy) is 1. The summed E-state index contributed by atoms with van der Waals surface area (Å²) in [5.74, 6) is 0.539. The second-order valence-corrected chi connectivity index (χ2v) is 6.67. The topological polar surface area (TPSA) is 57.8 Å². The maximum Gasteiger partial charge on any atom is 0.233 e. The van der Waals surface area contributed by atoms with Crippen molar-refractivity contribution in [1.29, 1.82) is 0 Å². The van der Waals surface area contributed by atoms with Gasteiger partial charge < -0.3 is 4.74 Å². The largest absolute Gasteiger partial charge is 0.470 e. The lowest BCUT2D eigenvalue weighted by atomic mass is 10.3. The van der Waals surface area contributed by atoms with Crippen LogP contribution in [0, 0.1) is 0 Å². The van der Waals surface area contributed by atoms with Crippen LogP contribution in [0.15, 0.2) is 41.1 Å². The monoisotopic (exact) mass is 393 g/mol. The standard InChI is InChI=1S/C15H13BrClN5O/c16-13-7-12(3-4-14(13)17)21-6-5-15(19-21)23-9-10-8-22(20-18-10)11-1-2-11/h3-8,11H,1-2,9H2. The van der Waals surface area contributed by atoms with Crippen molar-refractivity contribution in [3.05, 3.63) is 51.8 Å². The third-order valence-electron chi connectivity index (χ3n) is 3.58. The highest BCUT2D eigenvalue weighted by atomic mass is 79.9. The smallest absolute Gasteiger partial charge is 0.233 e. The summed E-state index contributed by atoms with van der Waals surface area (Å²) in [5, 5.41) is 13.3. The van der Waals surface area contributed by atoms with E-state index >= 15 is 0 Å². The third-order valence-corrected chi connectivity index (χ3v) is 4.79. The van der Waals surface area contributed by atoms with E-state index < -0.39 is 0 Å². The van der Waals surface area contributed by atoms with Crippen molar-refractivity contribution in [2.24, 2.45) is 0 Å². The molecule has 6 nitrogen and oxygen atoms in total. The molecule has 2 aromatic heterocycles. The minimum atomic E-state index is 0.355. The highest BCUT2D eigenvalue weighted by Crippen LogP contribution is 2.33. The van der Waals surface area contributed by atoms with E-state index in [1.165, 1.54) is 12.8 Å². The molecule has 1 fully saturated rings. The lowest BCUT2D eigenvalue weighted by molar-refractivity contribution is 0.287. The molecule has 3 aromatic rings. The van der Waals surface area contributed by atoms with E-state index in [0.717, 1.165) is 15.9 Å². The van der Waals surface area contributed by atoms with Crippen LogP contribution in [0.5, 0.6) is 5.88 Å². The average molecular weight is 395 g/mol. The van der Waals surface area contributed by atoms with Crippen molar-refractivity contribution in [2.45, 2.75) is 25.5 Å². The Balaban J connectivity index is 1.43. The molecule has 0 saturated heterocycles. The summed E-state index contributed by atoms with van der Waals surface area (Å²) in [7, 11) is 0. The molecule has 0 amide bonds. The summed E-state index contributed by atoms with van der Waals surface area (Å²) in [6.07, 6.45) is 6.15. The van der Waals surface area contributed by atoms with Gasteiger partial charge in [0, 0.05) is 16.7 Å². The van der Waals surface area contributed by atoms with Crippen molar-refractivity contribution >= 4 is 27.5 Å². The van der Waals surface area contributed by atoms with E-state index in [0.29, 0.717) is 23.6 Å². The number of hydrogen-bond acceptors (Lipinski definition) is 4. The normalized spacial score (nSPS) is 14.2. The quantitative estimate of drug-likeness (QED) is 0.660. The van der Waals surface area contributed by atoms with Gasteiger partial charge in [-0.3, -0.25) is 0 Å². The van der Waals surface area contributed by atoms with E-state index in [2.05, 4.69) is 31.3 Å². The molecule has 1 aliphatic rings. The molecule has 0 unspecified atom stereocenters. The van der Waals surface area contributed by atoms with Gasteiger partial charge in [0.05, 0.1) is 22.9 Å². The predicted molar refractivity (Wildman–Crippen MR) is 88.9 cm³/mol. The number of hydrogen-bond donors (Lipinski definition) is 0. The summed E-state index contributed by atoms with van der Waals surface area (Å²) in [5.41, 5.74) is 1.71. The minimum Gasteiger partial charge on any atom is -0.470 e. The number of aromatic nitrogens is 5. The van der Waals surface area contributed by atoms with E-state index in [1.807, 2.05) is 41.3 Å². The molecule has 23 heavy (non-hydrogen) atoms. The van der Waals surface area contributed by atoms with Gasteiger partial charge in [0.15, 0.2) is 0 Å². The fraction of sp³-hybridized carbons (Fsp3) is 0.267. The van der Waals surface area contributed by atoms with Crippen LogP contribution in [0.4, 0.5) is 0 Å². The second kappa shape index (κ2) is 5.98. The maximum absolute atomic E-state index is 6.00. The molecule has 1 saturated carbocycles. The SMILES string of the molecule is Clc1ccc(-n2ccc(OCc3cn(C4CC4)nn3)n2)cc1Br. The number of rotatable bonds is 5. The van der Waals surface area contributed by atoms with E-state index in [1.54, 1.807) is 4.68 Å². The molecule has 0 spiro atoms. The Morgan fingerprint density at radius 2 is 2.17 bits per heavy atom. The molecule has 0 bridgehead atoms. The van der Waals surface area contributed by atoms with Crippen molar-refractivity contribution in [1.82, 2.24) is 24.8 Å².